The number of ether oxygens (including phenoxy) is 1. The number of benzene rings is 2. The van der Waals surface area contributed by atoms with E-state index in [0.29, 0.717) is 10.9 Å². The van der Waals surface area contributed by atoms with Crippen molar-refractivity contribution in [2.24, 2.45) is 0 Å². The number of carbonyl (C=O) groups is 1. The summed E-state index contributed by atoms with van der Waals surface area (Å²) in [5.74, 6) is -0.921. The van der Waals surface area contributed by atoms with Gasteiger partial charge in [-0.05, 0) is 18.2 Å². The number of rotatable bonds is 4. The van der Waals surface area contributed by atoms with Crippen LogP contribution in [0.5, 0.6) is 0 Å². The van der Waals surface area contributed by atoms with E-state index in [2.05, 4.69) is 10.3 Å². The van der Waals surface area contributed by atoms with Crippen LogP contribution in [0.15, 0.2) is 47.3 Å². The van der Waals surface area contributed by atoms with E-state index in [9.17, 15) is 19.7 Å². The third-order valence-corrected chi connectivity index (χ3v) is 3.66. The summed E-state index contributed by atoms with van der Waals surface area (Å²) in [6.07, 6.45) is 0. The molecule has 1 aromatic heterocycles. The van der Waals surface area contributed by atoms with Gasteiger partial charge in [0, 0.05) is 12.1 Å². The summed E-state index contributed by atoms with van der Waals surface area (Å²) in [5.41, 5.74) is -0.558. The Kier molecular flexibility index (Phi) is 4.40. The van der Waals surface area contributed by atoms with E-state index >= 15 is 0 Å². The maximum atomic E-state index is 12.2. The molecule has 0 fully saturated rings. The molecular weight excluding hydrogens is 352 g/mol. The van der Waals surface area contributed by atoms with Crippen molar-refractivity contribution in [2.75, 3.05) is 0 Å². The second kappa shape index (κ2) is 6.65. The van der Waals surface area contributed by atoms with Crippen molar-refractivity contribution in [1.29, 1.82) is 0 Å². The normalized spacial score (nSPS) is 10.6. The fraction of sp³-hybridized carbons (Fsp3) is 0.0667. The quantitative estimate of drug-likeness (QED) is 0.397. The number of nitro benzene ring substituents is 1. The minimum atomic E-state index is -0.921. The SMILES string of the molecule is O=C(OCn1nnc2ccccc2c1=O)c1cc([N+](=O)[O-])ccc1Cl. The molecule has 0 N–H and O–H groups in total. The molecule has 0 unspecified atom stereocenters. The highest BCUT2D eigenvalue weighted by molar-refractivity contribution is 6.33. The summed E-state index contributed by atoms with van der Waals surface area (Å²) < 4.78 is 5.84. The molecule has 0 aliphatic carbocycles. The standard InChI is InChI=1S/C15H9ClN4O5/c16-12-6-5-9(20(23)24)7-11(12)15(22)25-8-19-14(21)10-3-1-2-4-13(10)17-18-19/h1-7H,8H2. The molecule has 0 aliphatic heterocycles. The number of halogens is 1. The lowest BCUT2D eigenvalue weighted by Gasteiger charge is -2.07. The van der Waals surface area contributed by atoms with Gasteiger partial charge in [-0.3, -0.25) is 14.9 Å². The fourth-order valence-corrected chi connectivity index (χ4v) is 2.28. The van der Waals surface area contributed by atoms with E-state index < -0.39 is 23.2 Å². The average molecular weight is 361 g/mol. The van der Waals surface area contributed by atoms with Crippen molar-refractivity contribution in [3.63, 3.8) is 0 Å². The Hall–Kier alpha value is -3.33. The number of nitrogens with zero attached hydrogens (tertiary/aromatic N) is 4. The number of hydrogen-bond donors (Lipinski definition) is 0. The Labute approximate surface area is 144 Å². The summed E-state index contributed by atoms with van der Waals surface area (Å²) in [5, 5.41) is 18.6. The van der Waals surface area contributed by atoms with Crippen molar-refractivity contribution >= 4 is 34.2 Å². The number of hydrogen-bond acceptors (Lipinski definition) is 7. The van der Waals surface area contributed by atoms with E-state index in [0.717, 1.165) is 10.7 Å². The first-order chi connectivity index (χ1) is 12.0. The van der Waals surface area contributed by atoms with E-state index in [-0.39, 0.29) is 16.3 Å². The third-order valence-electron chi connectivity index (χ3n) is 3.33. The number of esters is 1. The van der Waals surface area contributed by atoms with Gasteiger partial charge >= 0.3 is 5.97 Å². The van der Waals surface area contributed by atoms with Gasteiger partial charge in [-0.2, -0.15) is 4.68 Å². The zero-order valence-corrected chi connectivity index (χ0v) is 13.2. The van der Waals surface area contributed by atoms with Crippen LogP contribution < -0.4 is 5.56 Å². The first-order valence-corrected chi connectivity index (χ1v) is 7.29. The van der Waals surface area contributed by atoms with Crippen LogP contribution in [-0.2, 0) is 11.5 Å². The predicted octanol–water partition coefficient (Wildman–Crippen LogP) is 2.17. The molecule has 3 aromatic rings. The van der Waals surface area contributed by atoms with Crippen molar-refractivity contribution in [3.05, 3.63) is 73.5 Å². The molecule has 0 saturated heterocycles. The molecule has 9 nitrogen and oxygen atoms in total. The van der Waals surface area contributed by atoms with Crippen LogP contribution in [0.1, 0.15) is 10.4 Å². The third kappa shape index (κ3) is 3.31. The first kappa shape index (κ1) is 16.5. The first-order valence-electron chi connectivity index (χ1n) is 6.91. The Bertz CT molecular complexity index is 1050. The molecule has 0 aliphatic rings. The molecule has 0 atom stereocenters. The van der Waals surface area contributed by atoms with Gasteiger partial charge in [0.05, 0.1) is 20.9 Å². The van der Waals surface area contributed by atoms with Crippen LogP contribution in [0.2, 0.25) is 5.02 Å². The lowest BCUT2D eigenvalue weighted by Crippen LogP contribution is -2.26. The molecule has 126 valence electrons. The number of carbonyl (C=O) groups excluding carboxylic acids is 1. The summed E-state index contributed by atoms with van der Waals surface area (Å²) in [6.45, 7) is -0.505. The second-order valence-electron chi connectivity index (χ2n) is 4.89. The highest BCUT2D eigenvalue weighted by atomic mass is 35.5. The van der Waals surface area contributed by atoms with E-state index in [1.165, 1.54) is 12.1 Å². The van der Waals surface area contributed by atoms with E-state index in [1.54, 1.807) is 24.3 Å². The smallest absolute Gasteiger partial charge is 0.341 e. The summed E-state index contributed by atoms with van der Waals surface area (Å²) in [6, 6.07) is 9.97. The van der Waals surface area contributed by atoms with Gasteiger partial charge < -0.3 is 4.74 Å². The van der Waals surface area contributed by atoms with Crippen LogP contribution in [0.3, 0.4) is 0 Å². The molecule has 3 rings (SSSR count). The molecule has 2 aromatic carbocycles. The topological polar surface area (TPSA) is 117 Å². The minimum absolute atomic E-state index is 0.00691. The monoisotopic (exact) mass is 360 g/mol. The van der Waals surface area contributed by atoms with Crippen LogP contribution in [0.4, 0.5) is 5.69 Å². The lowest BCUT2D eigenvalue weighted by atomic mass is 10.2. The summed E-state index contributed by atoms with van der Waals surface area (Å²) >= 11 is 5.87. The molecule has 10 heteroatoms. The van der Waals surface area contributed by atoms with Gasteiger partial charge in [-0.15, -0.1) is 5.10 Å². The van der Waals surface area contributed by atoms with Crippen molar-refractivity contribution < 1.29 is 14.5 Å². The largest absolute Gasteiger partial charge is 0.438 e. The highest BCUT2D eigenvalue weighted by Gasteiger charge is 2.17. The van der Waals surface area contributed by atoms with Crippen molar-refractivity contribution in [1.82, 2.24) is 15.0 Å². The fourth-order valence-electron chi connectivity index (χ4n) is 2.09. The Morgan fingerprint density at radius 2 is 2.04 bits per heavy atom. The molecule has 1 heterocycles. The zero-order valence-electron chi connectivity index (χ0n) is 12.5. The number of nitro groups is 1. The molecule has 0 saturated carbocycles. The maximum Gasteiger partial charge on any atom is 0.341 e. The number of aromatic nitrogens is 3. The molecule has 0 radical (unpaired) electrons. The van der Waals surface area contributed by atoms with Gasteiger partial charge in [0.2, 0.25) is 0 Å². The molecule has 0 spiro atoms. The zero-order chi connectivity index (χ0) is 18.0. The van der Waals surface area contributed by atoms with Gasteiger partial charge in [0.1, 0.15) is 5.52 Å². The van der Waals surface area contributed by atoms with Crippen LogP contribution in [0.25, 0.3) is 10.9 Å². The molecule has 25 heavy (non-hydrogen) atoms. The number of non-ortho nitro benzene ring substituents is 1. The second-order valence-corrected chi connectivity index (χ2v) is 5.30. The maximum absolute atomic E-state index is 12.2. The lowest BCUT2D eigenvalue weighted by molar-refractivity contribution is -0.384. The Balaban J connectivity index is 1.84. The van der Waals surface area contributed by atoms with Crippen molar-refractivity contribution in [2.45, 2.75) is 6.73 Å². The number of fused-ring (bicyclic) bond motifs is 1. The Morgan fingerprint density at radius 3 is 2.80 bits per heavy atom. The molecular formula is C15H9ClN4O5. The summed E-state index contributed by atoms with van der Waals surface area (Å²) in [7, 11) is 0. The van der Waals surface area contributed by atoms with Crippen LogP contribution >= 0.6 is 11.6 Å². The van der Waals surface area contributed by atoms with Gasteiger partial charge in [-0.25, -0.2) is 4.79 Å². The predicted molar refractivity (Wildman–Crippen MR) is 87.3 cm³/mol. The van der Waals surface area contributed by atoms with E-state index in [1.807, 2.05) is 0 Å². The van der Waals surface area contributed by atoms with Crippen LogP contribution in [0, 0.1) is 10.1 Å². The summed E-state index contributed by atoms with van der Waals surface area (Å²) in [4.78, 5) is 34.5. The molecule has 0 amide bonds. The minimum Gasteiger partial charge on any atom is -0.438 e. The van der Waals surface area contributed by atoms with E-state index in [4.69, 9.17) is 16.3 Å². The van der Waals surface area contributed by atoms with Gasteiger partial charge in [-0.1, -0.05) is 28.9 Å². The Morgan fingerprint density at radius 1 is 1.28 bits per heavy atom. The highest BCUT2D eigenvalue weighted by Crippen LogP contribution is 2.22. The van der Waals surface area contributed by atoms with Gasteiger partial charge in [0.15, 0.2) is 6.73 Å². The van der Waals surface area contributed by atoms with Crippen LogP contribution in [-0.4, -0.2) is 25.9 Å². The molecule has 0 bridgehead atoms. The average Bonchev–Trinajstić information content (AvgIpc) is 2.61. The van der Waals surface area contributed by atoms with Crippen molar-refractivity contribution in [3.8, 4) is 0 Å². The van der Waals surface area contributed by atoms with Gasteiger partial charge in [0.25, 0.3) is 11.2 Å².